The summed E-state index contributed by atoms with van der Waals surface area (Å²) in [6, 6.07) is 20.6. The Labute approximate surface area is 212 Å². The second kappa shape index (κ2) is 11.5. The molecule has 3 aromatic rings. The number of anilines is 2. The number of methoxy groups -OCH3 is 1. The number of ether oxygens (including phenoxy) is 1. The molecule has 6 nitrogen and oxygen atoms in total. The number of likely N-dealkylation sites (tertiary alicyclic amines) is 1. The van der Waals surface area contributed by atoms with E-state index in [0.29, 0.717) is 18.0 Å². The zero-order valence-corrected chi connectivity index (χ0v) is 20.9. The van der Waals surface area contributed by atoms with E-state index in [1.807, 2.05) is 73.3 Å². The molecule has 1 saturated heterocycles. The fourth-order valence-electron chi connectivity index (χ4n) is 4.23. The highest BCUT2D eigenvalue weighted by Crippen LogP contribution is 2.27. The molecule has 0 radical (unpaired) electrons. The smallest absolute Gasteiger partial charge is 0.323 e. The minimum absolute atomic E-state index is 0.0377. The summed E-state index contributed by atoms with van der Waals surface area (Å²) in [4.78, 5) is 27.5. The summed E-state index contributed by atoms with van der Waals surface area (Å²) in [5, 5.41) is 5.67. The fourth-order valence-corrected chi connectivity index (χ4v) is 4.23. The van der Waals surface area contributed by atoms with Crippen molar-refractivity contribution in [3.8, 4) is 17.6 Å². The van der Waals surface area contributed by atoms with Gasteiger partial charge in [-0.3, -0.25) is 4.79 Å². The van der Waals surface area contributed by atoms with E-state index in [2.05, 4.69) is 22.5 Å². The quantitative estimate of drug-likeness (QED) is 0.470. The van der Waals surface area contributed by atoms with Gasteiger partial charge in [-0.05, 0) is 68.1 Å². The number of hydrogen-bond acceptors (Lipinski definition) is 3. The highest BCUT2D eigenvalue weighted by atomic mass is 16.5. The lowest BCUT2D eigenvalue weighted by Gasteiger charge is -2.21. The molecule has 3 aromatic carbocycles. The topological polar surface area (TPSA) is 70.7 Å². The van der Waals surface area contributed by atoms with Crippen LogP contribution in [-0.4, -0.2) is 36.5 Å². The number of nitrogens with one attached hydrogen (secondary N) is 2. The van der Waals surface area contributed by atoms with Crippen molar-refractivity contribution >= 4 is 23.3 Å². The molecular formula is C30H31N3O3. The third-order valence-corrected chi connectivity index (χ3v) is 6.27. The first kappa shape index (κ1) is 24.9. The van der Waals surface area contributed by atoms with E-state index in [1.165, 1.54) is 5.56 Å². The first-order valence-electron chi connectivity index (χ1n) is 12.1. The molecule has 2 N–H and O–H groups in total. The molecule has 0 aliphatic carbocycles. The molecule has 0 aromatic heterocycles. The van der Waals surface area contributed by atoms with Gasteiger partial charge in [0.1, 0.15) is 5.75 Å². The van der Waals surface area contributed by atoms with Crippen LogP contribution in [0.15, 0.2) is 66.7 Å². The number of urea groups is 1. The average molecular weight is 482 g/mol. The van der Waals surface area contributed by atoms with Gasteiger partial charge in [-0.15, -0.1) is 0 Å². The molecule has 0 saturated carbocycles. The molecule has 1 fully saturated rings. The number of benzene rings is 3. The number of rotatable bonds is 5. The van der Waals surface area contributed by atoms with Crippen molar-refractivity contribution in [2.45, 2.75) is 39.2 Å². The molecule has 0 spiro atoms. The van der Waals surface area contributed by atoms with Crippen LogP contribution in [0.25, 0.3) is 0 Å². The molecule has 1 unspecified atom stereocenters. The number of carbonyl (C=O) groups is 2. The lowest BCUT2D eigenvalue weighted by atomic mass is 10.1. The summed E-state index contributed by atoms with van der Waals surface area (Å²) in [6.45, 7) is 4.69. The van der Waals surface area contributed by atoms with Gasteiger partial charge in [-0.2, -0.15) is 0 Å². The van der Waals surface area contributed by atoms with Gasteiger partial charge in [0.05, 0.1) is 25.3 Å². The van der Waals surface area contributed by atoms with E-state index in [1.54, 1.807) is 19.2 Å². The van der Waals surface area contributed by atoms with Crippen molar-refractivity contribution in [2.75, 3.05) is 24.3 Å². The zero-order valence-electron chi connectivity index (χ0n) is 20.9. The van der Waals surface area contributed by atoms with Crippen molar-refractivity contribution in [3.63, 3.8) is 0 Å². The van der Waals surface area contributed by atoms with Crippen molar-refractivity contribution in [1.29, 1.82) is 0 Å². The molecule has 184 valence electrons. The van der Waals surface area contributed by atoms with Gasteiger partial charge in [0, 0.05) is 17.8 Å². The lowest BCUT2D eigenvalue weighted by molar-refractivity contribution is -0.130. The molecule has 3 amide bonds. The minimum Gasteiger partial charge on any atom is -0.495 e. The summed E-state index contributed by atoms with van der Waals surface area (Å²) in [6.07, 6.45) is 2.07. The predicted molar refractivity (Wildman–Crippen MR) is 143 cm³/mol. The van der Waals surface area contributed by atoms with Crippen LogP contribution in [0.2, 0.25) is 0 Å². The van der Waals surface area contributed by atoms with Gasteiger partial charge in [0.25, 0.3) is 0 Å². The second-order valence-corrected chi connectivity index (χ2v) is 8.99. The SMILES string of the molecule is COc1cc(CC(=O)N2CCCC2C#Cc2ccc(C)cc2)ccc1NC(=O)Nc1ccccc1C. The maximum atomic E-state index is 13.1. The number of amides is 3. The third-order valence-electron chi connectivity index (χ3n) is 6.27. The van der Waals surface area contributed by atoms with Crippen molar-refractivity contribution < 1.29 is 14.3 Å². The number of nitrogens with zero attached hydrogens (tertiary/aromatic N) is 1. The standard InChI is InChI=1S/C30H31N3O3/c1-21-10-12-23(13-11-21)14-16-25-8-6-18-33(25)29(34)20-24-15-17-27(28(19-24)36-3)32-30(35)31-26-9-5-4-7-22(26)2/h4-5,7,9-13,15,17,19,25H,6,8,18,20H2,1-3H3,(H2,31,32,35). The van der Waals surface area contributed by atoms with Crippen LogP contribution < -0.4 is 15.4 Å². The normalized spacial score (nSPS) is 14.5. The molecule has 0 bridgehead atoms. The van der Waals surface area contributed by atoms with Gasteiger partial charge < -0.3 is 20.3 Å². The highest BCUT2D eigenvalue weighted by Gasteiger charge is 2.27. The van der Waals surface area contributed by atoms with E-state index in [0.717, 1.165) is 35.2 Å². The molecular weight excluding hydrogens is 450 g/mol. The summed E-state index contributed by atoms with van der Waals surface area (Å²) in [5.41, 5.74) is 5.21. The Balaban J connectivity index is 1.40. The van der Waals surface area contributed by atoms with E-state index in [-0.39, 0.29) is 24.4 Å². The largest absolute Gasteiger partial charge is 0.495 e. The van der Waals surface area contributed by atoms with E-state index >= 15 is 0 Å². The summed E-state index contributed by atoms with van der Waals surface area (Å²) in [5.74, 6) is 7.04. The predicted octanol–water partition coefficient (Wildman–Crippen LogP) is 5.54. The Kier molecular flexibility index (Phi) is 7.92. The first-order valence-corrected chi connectivity index (χ1v) is 12.1. The van der Waals surface area contributed by atoms with E-state index in [4.69, 9.17) is 4.74 Å². The molecule has 1 heterocycles. The maximum Gasteiger partial charge on any atom is 0.323 e. The lowest BCUT2D eigenvalue weighted by Crippen LogP contribution is -2.35. The molecule has 6 heteroatoms. The molecule has 4 rings (SSSR count). The monoisotopic (exact) mass is 481 g/mol. The van der Waals surface area contributed by atoms with Crippen LogP contribution in [0.3, 0.4) is 0 Å². The van der Waals surface area contributed by atoms with Crippen molar-refractivity contribution in [3.05, 3.63) is 89.0 Å². The van der Waals surface area contributed by atoms with Crippen LogP contribution >= 0.6 is 0 Å². The zero-order chi connectivity index (χ0) is 25.5. The molecule has 1 aliphatic heterocycles. The number of aryl methyl sites for hydroxylation is 2. The first-order chi connectivity index (χ1) is 17.4. The Morgan fingerprint density at radius 2 is 1.75 bits per heavy atom. The van der Waals surface area contributed by atoms with Crippen LogP contribution in [0.4, 0.5) is 16.2 Å². The fraction of sp³-hybridized carbons (Fsp3) is 0.267. The average Bonchev–Trinajstić information content (AvgIpc) is 3.35. The van der Waals surface area contributed by atoms with Gasteiger partial charge in [-0.1, -0.05) is 53.8 Å². The van der Waals surface area contributed by atoms with Crippen LogP contribution in [0, 0.1) is 25.7 Å². The maximum absolute atomic E-state index is 13.1. The molecule has 1 aliphatic rings. The summed E-state index contributed by atoms with van der Waals surface area (Å²) < 4.78 is 5.50. The van der Waals surface area contributed by atoms with E-state index in [9.17, 15) is 9.59 Å². The van der Waals surface area contributed by atoms with Crippen LogP contribution in [0.1, 0.15) is 35.1 Å². The van der Waals surface area contributed by atoms with E-state index < -0.39 is 0 Å². The highest BCUT2D eigenvalue weighted by molar-refractivity contribution is 6.01. The Bertz CT molecular complexity index is 1310. The minimum atomic E-state index is -0.363. The van der Waals surface area contributed by atoms with Gasteiger partial charge >= 0.3 is 6.03 Å². The summed E-state index contributed by atoms with van der Waals surface area (Å²) in [7, 11) is 1.54. The molecule has 36 heavy (non-hydrogen) atoms. The molecule has 1 atom stereocenters. The number of carbonyl (C=O) groups excluding carboxylic acids is 2. The van der Waals surface area contributed by atoms with Gasteiger partial charge in [-0.25, -0.2) is 4.79 Å². The third kappa shape index (κ3) is 6.25. The summed E-state index contributed by atoms with van der Waals surface area (Å²) >= 11 is 0. The van der Waals surface area contributed by atoms with Crippen LogP contribution in [-0.2, 0) is 11.2 Å². The Morgan fingerprint density at radius 1 is 1.00 bits per heavy atom. The van der Waals surface area contributed by atoms with Gasteiger partial charge in [0.15, 0.2) is 0 Å². The van der Waals surface area contributed by atoms with Crippen molar-refractivity contribution in [1.82, 2.24) is 4.90 Å². The van der Waals surface area contributed by atoms with Crippen LogP contribution in [0.5, 0.6) is 5.75 Å². The second-order valence-electron chi connectivity index (χ2n) is 8.99. The van der Waals surface area contributed by atoms with Gasteiger partial charge in [0.2, 0.25) is 5.91 Å². The Morgan fingerprint density at radius 3 is 2.50 bits per heavy atom. The van der Waals surface area contributed by atoms with Crippen molar-refractivity contribution in [2.24, 2.45) is 0 Å². The number of para-hydroxylation sites is 1. The number of hydrogen-bond donors (Lipinski definition) is 2. The Hall–Kier alpha value is -4.24.